The van der Waals surface area contributed by atoms with E-state index in [0.717, 1.165) is 25.7 Å². The lowest BCUT2D eigenvalue weighted by Crippen LogP contribution is -2.52. The van der Waals surface area contributed by atoms with Crippen molar-refractivity contribution in [3.63, 3.8) is 0 Å². The third kappa shape index (κ3) is 4.29. The van der Waals surface area contributed by atoms with Crippen molar-refractivity contribution in [2.45, 2.75) is 52.1 Å². The van der Waals surface area contributed by atoms with E-state index in [1.54, 1.807) is 34.0 Å². The summed E-state index contributed by atoms with van der Waals surface area (Å²) in [6.07, 6.45) is 8.91. The molecule has 12 nitrogen and oxygen atoms in total. The Morgan fingerprint density at radius 3 is 2.77 bits per heavy atom. The average molecular weight is 531 g/mol. The van der Waals surface area contributed by atoms with Gasteiger partial charge in [0.1, 0.15) is 0 Å². The van der Waals surface area contributed by atoms with Gasteiger partial charge in [-0.1, -0.05) is 13.3 Å². The third-order valence-corrected chi connectivity index (χ3v) is 7.89. The highest BCUT2D eigenvalue weighted by Crippen LogP contribution is 2.32. The Hall–Kier alpha value is -4.35. The van der Waals surface area contributed by atoms with E-state index in [-0.39, 0.29) is 47.1 Å². The monoisotopic (exact) mass is 530 g/mol. The van der Waals surface area contributed by atoms with Crippen molar-refractivity contribution in [3.05, 3.63) is 47.9 Å². The molecular formula is C27H30N8O4. The molecular weight excluding hydrogens is 500 g/mol. The van der Waals surface area contributed by atoms with Crippen LogP contribution < -0.4 is 5.32 Å². The first-order valence-corrected chi connectivity index (χ1v) is 13.4. The Balaban J connectivity index is 1.28. The normalized spacial score (nSPS) is 21.9. The molecule has 3 aromatic heterocycles. The lowest BCUT2D eigenvalue weighted by molar-refractivity contribution is -0.122. The number of nitrogens with zero attached hydrogens (tertiary/aromatic N) is 7. The summed E-state index contributed by atoms with van der Waals surface area (Å²) in [6.45, 7) is 5.53. The minimum atomic E-state index is -0.598. The van der Waals surface area contributed by atoms with Crippen molar-refractivity contribution in [1.82, 2.24) is 39.3 Å². The molecule has 3 aliphatic heterocycles. The van der Waals surface area contributed by atoms with Crippen LogP contribution in [0.15, 0.2) is 30.7 Å². The molecule has 3 aliphatic rings. The molecule has 0 spiro atoms. The van der Waals surface area contributed by atoms with Crippen molar-refractivity contribution in [2.75, 3.05) is 19.6 Å². The molecule has 1 saturated heterocycles. The van der Waals surface area contributed by atoms with Crippen LogP contribution in [0.4, 0.5) is 4.79 Å². The fourth-order valence-electron chi connectivity index (χ4n) is 5.86. The molecule has 1 N–H and O–H groups in total. The second-order valence-corrected chi connectivity index (χ2v) is 10.5. The molecule has 202 valence electrons. The molecule has 0 saturated carbocycles. The van der Waals surface area contributed by atoms with Gasteiger partial charge < -0.3 is 14.4 Å². The van der Waals surface area contributed by atoms with Gasteiger partial charge in [-0.05, 0) is 44.2 Å². The van der Waals surface area contributed by atoms with Gasteiger partial charge in [0.2, 0.25) is 5.78 Å². The molecule has 3 aromatic rings. The quantitative estimate of drug-likeness (QED) is 0.510. The number of aromatic nitrogens is 5. The second-order valence-electron chi connectivity index (χ2n) is 10.5. The zero-order valence-electron chi connectivity index (χ0n) is 22.0. The Labute approximate surface area is 224 Å². The smallest absolute Gasteiger partial charge is 0.320 e. The number of nitrogens with one attached hydrogen (secondary N) is 1. The fourth-order valence-corrected chi connectivity index (χ4v) is 5.86. The number of imide groups is 1. The van der Waals surface area contributed by atoms with Gasteiger partial charge in [-0.25, -0.2) is 19.3 Å². The largest absolute Gasteiger partial charge is 0.326 e. The summed E-state index contributed by atoms with van der Waals surface area (Å²) in [5.74, 6) is -0.845. The standard InChI is InChI=1S/C27H30N8O4/c1-3-5-17-8-7-16(2)34(13-17)27(39)33-11-10-32-14-18(30-24(32)20(36)15-33)22-23(26(38)31-25(22)37)19-12-28-21-6-4-9-29-35(19)21/h4,6,9,12,14,16-17H,3,5,7-8,10-11,13,15H2,1-2H3,(H,31,37,38). The molecule has 0 radical (unpaired) electrons. The van der Waals surface area contributed by atoms with Crippen molar-refractivity contribution in [3.8, 4) is 0 Å². The number of urea groups is 1. The van der Waals surface area contributed by atoms with Gasteiger partial charge in [-0.3, -0.25) is 19.7 Å². The van der Waals surface area contributed by atoms with E-state index in [1.165, 1.54) is 10.7 Å². The number of piperidine rings is 1. The van der Waals surface area contributed by atoms with E-state index in [2.05, 4.69) is 34.2 Å². The van der Waals surface area contributed by atoms with E-state index in [9.17, 15) is 19.2 Å². The highest BCUT2D eigenvalue weighted by atomic mass is 16.2. The first-order chi connectivity index (χ1) is 18.9. The molecule has 6 rings (SSSR count). The third-order valence-electron chi connectivity index (χ3n) is 7.89. The van der Waals surface area contributed by atoms with Crippen molar-refractivity contribution in [2.24, 2.45) is 5.92 Å². The number of likely N-dealkylation sites (tertiary alicyclic amines) is 1. The molecule has 4 amide bonds. The van der Waals surface area contributed by atoms with Gasteiger partial charge in [0.25, 0.3) is 11.8 Å². The number of carbonyl (C=O) groups excluding carboxylic acids is 4. The van der Waals surface area contributed by atoms with Gasteiger partial charge in [-0.15, -0.1) is 0 Å². The second kappa shape index (κ2) is 9.75. The fraction of sp³-hybridized carbons (Fsp3) is 0.444. The van der Waals surface area contributed by atoms with Crippen LogP contribution in [0.5, 0.6) is 0 Å². The van der Waals surface area contributed by atoms with E-state index in [4.69, 9.17) is 0 Å². The summed E-state index contributed by atoms with van der Waals surface area (Å²) in [5.41, 5.74) is 1.26. The first kappa shape index (κ1) is 25.0. The average Bonchev–Trinajstić information content (AvgIpc) is 3.59. The zero-order chi connectivity index (χ0) is 27.3. The van der Waals surface area contributed by atoms with E-state index >= 15 is 0 Å². The maximum absolute atomic E-state index is 13.5. The highest BCUT2D eigenvalue weighted by Gasteiger charge is 2.38. The molecule has 0 aliphatic carbocycles. The highest BCUT2D eigenvalue weighted by molar-refractivity contribution is 6.48. The summed E-state index contributed by atoms with van der Waals surface area (Å²) in [7, 11) is 0. The lowest BCUT2D eigenvalue weighted by atomic mass is 9.90. The minimum Gasteiger partial charge on any atom is -0.326 e. The van der Waals surface area contributed by atoms with Crippen LogP contribution in [0.1, 0.15) is 61.5 Å². The van der Waals surface area contributed by atoms with E-state index in [1.807, 2.05) is 4.90 Å². The van der Waals surface area contributed by atoms with Crippen LogP contribution in [0, 0.1) is 5.92 Å². The lowest BCUT2D eigenvalue weighted by Gasteiger charge is -2.40. The predicted octanol–water partition coefficient (Wildman–Crippen LogP) is 2.01. The van der Waals surface area contributed by atoms with Crippen molar-refractivity contribution >= 4 is 40.4 Å². The molecule has 2 unspecified atom stereocenters. The summed E-state index contributed by atoms with van der Waals surface area (Å²) in [5, 5.41) is 6.59. The Morgan fingerprint density at radius 1 is 1.13 bits per heavy atom. The molecule has 2 atom stereocenters. The molecule has 6 heterocycles. The number of ketones is 1. The van der Waals surface area contributed by atoms with Crippen LogP contribution in [0.2, 0.25) is 0 Å². The van der Waals surface area contributed by atoms with Gasteiger partial charge in [0.05, 0.1) is 35.3 Å². The minimum absolute atomic E-state index is 0.0675. The van der Waals surface area contributed by atoms with Crippen LogP contribution in [0.25, 0.3) is 16.8 Å². The molecule has 1 fully saturated rings. The van der Waals surface area contributed by atoms with Gasteiger partial charge in [-0.2, -0.15) is 5.10 Å². The van der Waals surface area contributed by atoms with Crippen LogP contribution in [-0.2, 0) is 16.1 Å². The van der Waals surface area contributed by atoms with Gasteiger partial charge >= 0.3 is 6.03 Å². The topological polar surface area (TPSA) is 135 Å². The molecule has 0 bridgehead atoms. The number of rotatable bonds is 4. The zero-order valence-corrected chi connectivity index (χ0v) is 22.0. The Morgan fingerprint density at radius 2 is 1.95 bits per heavy atom. The van der Waals surface area contributed by atoms with Crippen molar-refractivity contribution in [1.29, 1.82) is 0 Å². The summed E-state index contributed by atoms with van der Waals surface area (Å²) >= 11 is 0. The van der Waals surface area contributed by atoms with Crippen LogP contribution >= 0.6 is 0 Å². The van der Waals surface area contributed by atoms with Crippen molar-refractivity contribution < 1.29 is 19.2 Å². The number of amides is 4. The summed E-state index contributed by atoms with van der Waals surface area (Å²) < 4.78 is 3.15. The van der Waals surface area contributed by atoms with Gasteiger partial charge in [0.15, 0.2) is 11.5 Å². The predicted molar refractivity (Wildman–Crippen MR) is 140 cm³/mol. The number of imidazole rings is 2. The number of hydrogen-bond donors (Lipinski definition) is 1. The number of fused-ring (bicyclic) bond motifs is 2. The number of Topliss-reactive ketones (excluding diaryl/α,β-unsaturated/α-hetero) is 1. The van der Waals surface area contributed by atoms with E-state index in [0.29, 0.717) is 36.9 Å². The van der Waals surface area contributed by atoms with Crippen LogP contribution in [-0.4, -0.2) is 83.3 Å². The summed E-state index contributed by atoms with van der Waals surface area (Å²) in [6, 6.07) is 3.48. The molecule has 0 aromatic carbocycles. The van der Waals surface area contributed by atoms with E-state index < -0.39 is 11.8 Å². The molecule has 12 heteroatoms. The number of hydrogen-bond acceptors (Lipinski definition) is 7. The van der Waals surface area contributed by atoms with Crippen LogP contribution in [0.3, 0.4) is 0 Å². The Bertz CT molecular complexity index is 1540. The Kier molecular flexibility index (Phi) is 6.24. The maximum Gasteiger partial charge on any atom is 0.320 e. The summed E-state index contributed by atoms with van der Waals surface area (Å²) in [4.78, 5) is 64.8. The maximum atomic E-state index is 13.5. The first-order valence-electron chi connectivity index (χ1n) is 13.4. The number of carbonyl (C=O) groups is 4. The SMILES string of the molecule is CCCC1CCC(C)N(C(=O)N2CCn3cc(C4=C(c5cnc6cccnn56)C(=O)NC4=O)nc3C(=O)C2)C1. The molecule has 39 heavy (non-hydrogen) atoms. The van der Waals surface area contributed by atoms with Gasteiger partial charge in [0, 0.05) is 38.1 Å².